The van der Waals surface area contributed by atoms with E-state index in [2.05, 4.69) is 9.89 Å². The molecule has 1 fully saturated rings. The number of amides is 3. The summed E-state index contributed by atoms with van der Waals surface area (Å²) in [5.41, 5.74) is -2.30. The van der Waals surface area contributed by atoms with E-state index in [4.69, 9.17) is 4.84 Å². The molecule has 1 heterocycles. The van der Waals surface area contributed by atoms with Crippen LogP contribution < -0.4 is 10.6 Å². The number of esters is 1. The van der Waals surface area contributed by atoms with Crippen LogP contribution in [0.1, 0.15) is 12.5 Å². The zero-order valence-electron chi connectivity index (χ0n) is 16.3. The topological polar surface area (TPSA) is 106 Å². The number of carbonyl (C=O) groups is 3. The number of carbonyl (C=O) groups excluding carboxylic acids is 3. The molecule has 0 saturated carbocycles. The lowest BCUT2D eigenvalue weighted by molar-refractivity contribution is -0.179. The van der Waals surface area contributed by atoms with E-state index in [0.717, 1.165) is 5.56 Å². The number of nitrogens with one attached hydrogen (secondary N) is 2. The summed E-state index contributed by atoms with van der Waals surface area (Å²) in [6.07, 6.45) is -0.226. The van der Waals surface area contributed by atoms with Gasteiger partial charge in [-0.25, -0.2) is 14.0 Å². The largest absolute Gasteiger partial charge is 0.463 e. The molecule has 2 aromatic rings. The molecule has 8 nitrogen and oxygen atoms in total. The van der Waals surface area contributed by atoms with Crippen LogP contribution in [0.25, 0.3) is 0 Å². The number of benzene rings is 2. The summed E-state index contributed by atoms with van der Waals surface area (Å²) >= 11 is 0. The van der Waals surface area contributed by atoms with E-state index in [1.54, 1.807) is 5.32 Å². The van der Waals surface area contributed by atoms with Gasteiger partial charge in [0.25, 0.3) is 12.1 Å². The summed E-state index contributed by atoms with van der Waals surface area (Å²) in [5, 5.41) is 7.18. The number of urea groups is 1. The van der Waals surface area contributed by atoms with Crippen molar-refractivity contribution in [3.8, 4) is 0 Å². The first-order valence-electron chi connectivity index (χ1n) is 9.18. The predicted octanol–water partition coefficient (Wildman–Crippen LogP) is 2.36. The Morgan fingerprint density at radius 2 is 1.67 bits per heavy atom. The Labute approximate surface area is 173 Å². The van der Waals surface area contributed by atoms with Crippen molar-refractivity contribution in [3.63, 3.8) is 0 Å². The number of hydrogen-bond donors (Lipinski definition) is 2. The first-order valence-corrected chi connectivity index (χ1v) is 9.18. The molecule has 9 heteroatoms. The zero-order valence-corrected chi connectivity index (χ0v) is 16.3. The second kappa shape index (κ2) is 11.3. The molecule has 1 saturated heterocycles. The second-order valence-corrected chi connectivity index (χ2v) is 5.98. The predicted molar refractivity (Wildman–Crippen MR) is 107 cm³/mol. The van der Waals surface area contributed by atoms with E-state index < -0.39 is 29.8 Å². The van der Waals surface area contributed by atoms with Gasteiger partial charge in [-0.2, -0.15) is 0 Å². The molecule has 0 radical (unpaired) electrons. The van der Waals surface area contributed by atoms with Gasteiger partial charge in [0, 0.05) is 12.6 Å². The monoisotopic (exact) mass is 415 g/mol. The quantitative estimate of drug-likeness (QED) is 0.326. The van der Waals surface area contributed by atoms with Crippen molar-refractivity contribution in [1.82, 2.24) is 10.6 Å². The Hall–Kier alpha value is -3.75. The number of ether oxygens (including phenoxy) is 1. The molecule has 2 atom stereocenters. The van der Waals surface area contributed by atoms with Crippen LogP contribution >= 0.6 is 0 Å². The first-order chi connectivity index (χ1) is 14.5. The third kappa shape index (κ3) is 6.13. The van der Waals surface area contributed by atoms with Gasteiger partial charge in [-0.1, -0.05) is 71.9 Å². The Kier molecular flexibility index (Phi) is 8.49. The minimum absolute atomic E-state index is 0.143. The molecule has 30 heavy (non-hydrogen) atoms. The Balaban J connectivity index is 0.000000456. The van der Waals surface area contributed by atoms with E-state index in [0.29, 0.717) is 6.42 Å². The fourth-order valence-electron chi connectivity index (χ4n) is 2.35. The summed E-state index contributed by atoms with van der Waals surface area (Å²) in [6, 6.07) is 20.2. The van der Waals surface area contributed by atoms with Gasteiger partial charge in [-0.15, -0.1) is 0 Å². The number of oxime groups is 1. The first kappa shape index (κ1) is 22.5. The number of halogens is 1. The molecule has 0 aliphatic carbocycles. The Morgan fingerprint density at radius 3 is 2.23 bits per heavy atom. The number of rotatable bonds is 6. The molecule has 0 aromatic heterocycles. The molecule has 2 aromatic carbocycles. The number of hydrogen-bond acceptors (Lipinski definition) is 6. The van der Waals surface area contributed by atoms with Crippen molar-refractivity contribution < 1.29 is 28.3 Å². The SMILES string of the molecule is CCOC(=O)C1(F)C(=O)NC(=O)NC1ON=CCc1ccccc1.c1ccccc1. The van der Waals surface area contributed by atoms with Crippen LogP contribution in [0, 0.1) is 0 Å². The maximum absolute atomic E-state index is 14.8. The molecule has 2 unspecified atom stereocenters. The molecule has 1 aliphatic rings. The van der Waals surface area contributed by atoms with Gasteiger partial charge in [-0.05, 0) is 12.5 Å². The van der Waals surface area contributed by atoms with Crippen molar-refractivity contribution >= 4 is 24.1 Å². The molecule has 1 aliphatic heterocycles. The molecule has 3 rings (SSSR count). The van der Waals surface area contributed by atoms with Crippen LogP contribution in [0.3, 0.4) is 0 Å². The molecule has 0 spiro atoms. The average molecular weight is 415 g/mol. The minimum atomic E-state index is -3.23. The fraction of sp³-hybridized carbons (Fsp3) is 0.238. The van der Waals surface area contributed by atoms with E-state index in [9.17, 15) is 18.8 Å². The van der Waals surface area contributed by atoms with E-state index in [1.165, 1.54) is 13.1 Å². The summed E-state index contributed by atoms with van der Waals surface area (Å²) in [5.74, 6) is -2.93. The maximum Gasteiger partial charge on any atom is 0.360 e. The highest BCUT2D eigenvalue weighted by Gasteiger charge is 2.61. The second-order valence-electron chi connectivity index (χ2n) is 5.98. The van der Waals surface area contributed by atoms with Crippen molar-refractivity contribution in [2.75, 3.05) is 6.61 Å². The van der Waals surface area contributed by atoms with Gasteiger partial charge in [0.1, 0.15) is 0 Å². The van der Waals surface area contributed by atoms with Gasteiger partial charge in [0.05, 0.1) is 6.61 Å². The highest BCUT2D eigenvalue weighted by molar-refractivity contribution is 6.14. The van der Waals surface area contributed by atoms with E-state index in [-0.39, 0.29) is 6.61 Å². The van der Waals surface area contributed by atoms with Crippen LogP contribution in [0.4, 0.5) is 9.18 Å². The van der Waals surface area contributed by atoms with Crippen LogP contribution in [0.2, 0.25) is 0 Å². The zero-order chi connectivity index (χ0) is 21.8. The third-order valence-electron chi connectivity index (χ3n) is 3.83. The Morgan fingerprint density at radius 1 is 1.10 bits per heavy atom. The van der Waals surface area contributed by atoms with Crippen LogP contribution in [-0.4, -0.2) is 42.6 Å². The lowest BCUT2D eigenvalue weighted by atomic mass is 10.0. The van der Waals surface area contributed by atoms with Crippen molar-refractivity contribution in [2.24, 2.45) is 5.16 Å². The maximum atomic E-state index is 14.8. The molecule has 2 N–H and O–H groups in total. The van der Waals surface area contributed by atoms with Crippen LogP contribution in [-0.2, 0) is 25.6 Å². The summed E-state index contributed by atoms with van der Waals surface area (Å²) in [7, 11) is 0. The van der Waals surface area contributed by atoms with Gasteiger partial charge < -0.3 is 9.57 Å². The van der Waals surface area contributed by atoms with Crippen LogP contribution in [0.15, 0.2) is 71.9 Å². The van der Waals surface area contributed by atoms with Crippen molar-refractivity contribution in [2.45, 2.75) is 25.2 Å². The molecular formula is C21H22FN3O5. The summed E-state index contributed by atoms with van der Waals surface area (Å²) < 4.78 is 19.4. The average Bonchev–Trinajstić information content (AvgIpc) is 2.77. The summed E-state index contributed by atoms with van der Waals surface area (Å²) in [4.78, 5) is 39.6. The normalized spacial score (nSPS) is 20.4. The lowest BCUT2D eigenvalue weighted by Gasteiger charge is -2.32. The van der Waals surface area contributed by atoms with Gasteiger partial charge in [-0.3, -0.25) is 15.4 Å². The van der Waals surface area contributed by atoms with E-state index >= 15 is 0 Å². The summed E-state index contributed by atoms with van der Waals surface area (Å²) in [6.45, 7) is 1.31. The van der Waals surface area contributed by atoms with Crippen molar-refractivity contribution in [1.29, 1.82) is 0 Å². The van der Waals surface area contributed by atoms with E-state index in [1.807, 2.05) is 72.0 Å². The molecular weight excluding hydrogens is 393 g/mol. The van der Waals surface area contributed by atoms with Crippen LogP contribution in [0.5, 0.6) is 0 Å². The van der Waals surface area contributed by atoms with Gasteiger partial charge >= 0.3 is 17.7 Å². The van der Waals surface area contributed by atoms with Crippen molar-refractivity contribution in [3.05, 3.63) is 72.3 Å². The fourth-order valence-corrected chi connectivity index (χ4v) is 2.35. The number of nitrogens with zero attached hydrogens (tertiary/aromatic N) is 1. The smallest absolute Gasteiger partial charge is 0.360 e. The molecule has 0 bridgehead atoms. The Bertz CT molecular complexity index is 837. The highest BCUT2D eigenvalue weighted by atomic mass is 19.1. The minimum Gasteiger partial charge on any atom is -0.463 e. The lowest BCUT2D eigenvalue weighted by Crippen LogP contribution is -2.70. The molecule has 158 valence electrons. The third-order valence-corrected chi connectivity index (χ3v) is 3.83. The standard InChI is InChI=1S/C15H16FN3O5.C6H6/c1-2-23-13(21)15(16)11(20)18-14(22)19-12(15)24-17-9-8-10-6-4-3-5-7-10;1-2-4-6-5-3-1/h3-7,9,12H,2,8H2,1H3,(H2,18,19,20,22);1-6H. The molecule has 3 amide bonds. The highest BCUT2D eigenvalue weighted by Crippen LogP contribution is 2.23. The number of imide groups is 1. The van der Waals surface area contributed by atoms with Gasteiger partial charge in [0.15, 0.2) is 0 Å². The number of alkyl halides is 1. The van der Waals surface area contributed by atoms with Gasteiger partial charge in [0.2, 0.25) is 0 Å².